The van der Waals surface area contributed by atoms with Gasteiger partial charge in [0.25, 0.3) is 0 Å². The molecule has 0 fully saturated rings. The van der Waals surface area contributed by atoms with E-state index in [2.05, 4.69) is 175 Å². The molecule has 1 N–H and O–H groups in total. The van der Waals surface area contributed by atoms with Gasteiger partial charge >= 0.3 is 0 Å². The normalized spacial score (nSPS) is 13.6. The number of nitrogens with one attached hydrogen (secondary N) is 1. The van der Waals surface area contributed by atoms with E-state index in [4.69, 9.17) is 4.98 Å². The van der Waals surface area contributed by atoms with Crippen molar-refractivity contribution in [2.75, 3.05) is 4.90 Å². The Balaban J connectivity index is 1.43. The molecular formula is C42H36N4Si. The van der Waals surface area contributed by atoms with E-state index in [9.17, 15) is 0 Å². The number of H-pyrrole nitrogens is 1. The summed E-state index contributed by atoms with van der Waals surface area (Å²) >= 11 is 0. The second-order valence-corrected chi connectivity index (χ2v) is 16.6. The number of rotatable bonds is 6. The maximum atomic E-state index is 5.12. The molecule has 0 radical (unpaired) electrons. The van der Waals surface area contributed by atoms with Gasteiger partial charge in [0.05, 0.1) is 17.1 Å². The molecule has 47 heavy (non-hydrogen) atoms. The summed E-state index contributed by atoms with van der Waals surface area (Å²) in [6.45, 7) is 6.74. The summed E-state index contributed by atoms with van der Waals surface area (Å²) in [5.74, 6) is 0. The van der Waals surface area contributed by atoms with Crippen LogP contribution in [0.1, 0.15) is 30.7 Å². The molecule has 5 heteroatoms. The predicted octanol–water partition coefficient (Wildman–Crippen LogP) is 7.27. The second-order valence-electron chi connectivity index (χ2n) is 12.9. The third-order valence-electron chi connectivity index (χ3n) is 9.73. The lowest BCUT2D eigenvalue weighted by atomic mass is 9.73. The van der Waals surface area contributed by atoms with Crippen molar-refractivity contribution in [3.8, 4) is 11.3 Å². The van der Waals surface area contributed by atoms with Crippen molar-refractivity contribution in [2.24, 2.45) is 0 Å². The highest BCUT2D eigenvalue weighted by Gasteiger charge is 2.45. The van der Waals surface area contributed by atoms with Crippen LogP contribution >= 0.6 is 0 Å². The van der Waals surface area contributed by atoms with Crippen LogP contribution in [0, 0.1) is 6.92 Å². The number of aromatic amines is 1. The van der Waals surface area contributed by atoms with Crippen LogP contribution in [-0.2, 0) is 5.41 Å². The molecule has 8 rings (SSSR count). The smallest absolute Gasteiger partial charge is 0.201 e. The second kappa shape index (κ2) is 11.4. The molecule has 0 saturated heterocycles. The van der Waals surface area contributed by atoms with Gasteiger partial charge in [-0.1, -0.05) is 123 Å². The van der Waals surface area contributed by atoms with Crippen LogP contribution in [-0.4, -0.2) is 23.3 Å². The largest absolute Gasteiger partial charge is 0.310 e. The number of pyridine rings is 1. The van der Waals surface area contributed by atoms with Crippen molar-refractivity contribution in [3.05, 3.63) is 175 Å². The first-order valence-electron chi connectivity index (χ1n) is 16.2. The number of para-hydroxylation sites is 1. The molecular weight excluding hydrogens is 589 g/mol. The molecule has 0 aliphatic carbocycles. The van der Waals surface area contributed by atoms with E-state index < -0.39 is 8.07 Å². The van der Waals surface area contributed by atoms with E-state index in [0.29, 0.717) is 0 Å². The lowest BCUT2D eigenvalue weighted by Gasteiger charge is -2.43. The molecule has 0 unspecified atom stereocenters. The zero-order valence-electron chi connectivity index (χ0n) is 26.9. The van der Waals surface area contributed by atoms with Gasteiger partial charge in [0.2, 0.25) is 8.07 Å². The number of benzene rings is 5. The van der Waals surface area contributed by atoms with Gasteiger partial charge in [-0.25, -0.2) is 0 Å². The van der Waals surface area contributed by atoms with E-state index in [0.717, 1.165) is 28.0 Å². The fraction of sp³-hybridized carbons (Fsp3) is 0.0952. The zero-order chi connectivity index (χ0) is 32.0. The number of aromatic nitrogens is 3. The minimum absolute atomic E-state index is 0.202. The first-order valence-corrected chi connectivity index (χ1v) is 18.2. The molecule has 0 atom stereocenters. The number of fused-ring (bicyclic) bond motifs is 2. The van der Waals surface area contributed by atoms with Crippen molar-refractivity contribution in [1.29, 1.82) is 0 Å². The first kappa shape index (κ1) is 28.9. The van der Waals surface area contributed by atoms with Crippen LogP contribution in [0.2, 0.25) is 0 Å². The summed E-state index contributed by atoms with van der Waals surface area (Å²) in [6.07, 6.45) is 1.94. The Kier molecular flexibility index (Phi) is 7.00. The number of hydrogen-bond acceptors (Lipinski definition) is 3. The van der Waals surface area contributed by atoms with E-state index >= 15 is 0 Å². The number of anilines is 3. The van der Waals surface area contributed by atoms with Crippen LogP contribution in [0.25, 0.3) is 11.3 Å². The van der Waals surface area contributed by atoms with Crippen LogP contribution in [0.4, 0.5) is 17.1 Å². The van der Waals surface area contributed by atoms with E-state index in [1.807, 2.05) is 19.2 Å². The lowest BCUT2D eigenvalue weighted by Crippen LogP contribution is -2.75. The quantitative estimate of drug-likeness (QED) is 0.156. The highest BCUT2D eigenvalue weighted by molar-refractivity contribution is 7.19. The predicted molar refractivity (Wildman–Crippen MR) is 197 cm³/mol. The van der Waals surface area contributed by atoms with Gasteiger partial charge < -0.3 is 4.90 Å². The van der Waals surface area contributed by atoms with Gasteiger partial charge in [0.1, 0.15) is 0 Å². The lowest BCUT2D eigenvalue weighted by molar-refractivity contribution is 0.632. The summed E-state index contributed by atoms with van der Waals surface area (Å²) in [6, 6.07) is 55.3. The van der Waals surface area contributed by atoms with Crippen molar-refractivity contribution in [1.82, 2.24) is 15.2 Å². The van der Waals surface area contributed by atoms with Gasteiger partial charge in [-0.3, -0.25) is 10.1 Å². The third-order valence-corrected chi connectivity index (χ3v) is 14.4. The number of hydrogen-bond donors (Lipinski definition) is 1. The molecule has 7 aromatic rings. The van der Waals surface area contributed by atoms with Crippen molar-refractivity contribution >= 4 is 46.0 Å². The Hall–Kier alpha value is -5.52. The summed E-state index contributed by atoms with van der Waals surface area (Å²) in [5, 5.41) is 12.7. The molecule has 0 amide bonds. The van der Waals surface area contributed by atoms with Crippen molar-refractivity contribution in [3.63, 3.8) is 0 Å². The highest BCUT2D eigenvalue weighted by atomic mass is 28.3. The fourth-order valence-electron chi connectivity index (χ4n) is 7.50. The number of nitrogens with zero attached hydrogens (tertiary/aromatic N) is 3. The minimum atomic E-state index is -2.84. The van der Waals surface area contributed by atoms with Crippen LogP contribution in [0.15, 0.2) is 158 Å². The molecule has 1 aliphatic rings. The van der Waals surface area contributed by atoms with Crippen molar-refractivity contribution in [2.45, 2.75) is 26.2 Å². The van der Waals surface area contributed by atoms with Gasteiger partial charge in [-0.05, 0) is 76.1 Å². The van der Waals surface area contributed by atoms with Gasteiger partial charge in [0, 0.05) is 33.9 Å². The Labute approximate surface area is 277 Å². The maximum absolute atomic E-state index is 5.12. The van der Waals surface area contributed by atoms with Crippen molar-refractivity contribution < 1.29 is 0 Å². The summed E-state index contributed by atoms with van der Waals surface area (Å²) in [4.78, 5) is 7.57. The van der Waals surface area contributed by atoms with E-state index in [-0.39, 0.29) is 5.41 Å². The summed E-state index contributed by atoms with van der Waals surface area (Å²) in [7, 11) is -2.84. The molecule has 228 valence electrons. The Morgan fingerprint density at radius 1 is 0.596 bits per heavy atom. The molecule has 0 saturated carbocycles. The number of aryl methyl sites for hydroxylation is 1. The maximum Gasteiger partial charge on any atom is 0.201 e. The van der Waals surface area contributed by atoms with E-state index in [1.165, 1.54) is 38.1 Å². The Bertz CT molecular complexity index is 2090. The molecule has 0 bridgehead atoms. The zero-order valence-corrected chi connectivity index (χ0v) is 27.9. The van der Waals surface area contributed by atoms with Gasteiger partial charge in [-0.15, -0.1) is 0 Å². The Morgan fingerprint density at radius 3 is 1.96 bits per heavy atom. The molecule has 4 nitrogen and oxygen atoms in total. The first-order chi connectivity index (χ1) is 23.0. The highest BCUT2D eigenvalue weighted by Crippen LogP contribution is 2.51. The van der Waals surface area contributed by atoms with Gasteiger partial charge in [-0.2, -0.15) is 5.10 Å². The molecule has 2 aromatic heterocycles. The monoisotopic (exact) mass is 624 g/mol. The standard InChI is InChI=1S/C42H36N4Si/c1-30-27-38(45-44-30)31-15-14-16-32(28-31)46-39-22-11-10-21-36(39)42(2,3)37-25-24-35(29-40(37)46)47(33-17-6-4-7-18-33,34-19-8-5-9-20-34)41-23-12-13-26-43-41/h4-29H,1-3H3,(H,44,45). The average Bonchev–Trinajstić information content (AvgIpc) is 3.56. The van der Waals surface area contributed by atoms with Gasteiger partial charge in [0.15, 0.2) is 0 Å². The summed E-state index contributed by atoms with van der Waals surface area (Å²) in [5.41, 5.74) is 8.97. The molecule has 3 heterocycles. The third kappa shape index (κ3) is 4.65. The van der Waals surface area contributed by atoms with Crippen LogP contribution < -0.4 is 25.8 Å². The SMILES string of the molecule is Cc1cc(-c2cccc(N3c4ccccc4C(C)(C)c4ccc([Si](c5ccccc5)(c5ccccc5)c5ccccn5)cc43)c2)n[nH]1. The summed E-state index contributed by atoms with van der Waals surface area (Å²) < 4.78 is 0. The van der Waals surface area contributed by atoms with E-state index in [1.54, 1.807) is 0 Å². The Morgan fingerprint density at radius 2 is 1.28 bits per heavy atom. The topological polar surface area (TPSA) is 44.8 Å². The minimum Gasteiger partial charge on any atom is -0.310 e. The molecule has 0 spiro atoms. The van der Waals surface area contributed by atoms with Crippen LogP contribution in [0.3, 0.4) is 0 Å². The fourth-order valence-corrected chi connectivity index (χ4v) is 12.1. The molecule has 5 aromatic carbocycles. The van der Waals surface area contributed by atoms with Crippen LogP contribution in [0.5, 0.6) is 0 Å². The average molecular weight is 625 g/mol. The molecule has 1 aliphatic heterocycles.